The minimum atomic E-state index is -3.46. The van der Waals surface area contributed by atoms with E-state index in [2.05, 4.69) is 15.1 Å². The smallest absolute Gasteiger partial charge is 0.244 e. The first kappa shape index (κ1) is 16.5. The Morgan fingerprint density at radius 3 is 2.57 bits per heavy atom. The Hall–Kier alpha value is -0.920. The number of rotatable bonds is 8. The van der Waals surface area contributed by atoms with Crippen molar-refractivity contribution in [2.75, 3.05) is 20.1 Å². The third-order valence-corrected chi connectivity index (χ3v) is 5.94. The first-order chi connectivity index (χ1) is 9.95. The van der Waals surface area contributed by atoms with Crippen LogP contribution in [0.2, 0.25) is 0 Å². The molecule has 0 unspecified atom stereocenters. The van der Waals surface area contributed by atoms with Gasteiger partial charge in [-0.1, -0.05) is 19.3 Å². The normalized spacial score (nSPS) is 16.1. The number of sulfonamides is 1. The van der Waals surface area contributed by atoms with E-state index in [4.69, 9.17) is 0 Å². The summed E-state index contributed by atoms with van der Waals surface area (Å²) in [6.45, 7) is 5.52. The van der Waals surface area contributed by atoms with Crippen LogP contribution in [-0.4, -0.2) is 38.3 Å². The highest BCUT2D eigenvalue weighted by Gasteiger charge is 2.25. The second kappa shape index (κ2) is 6.89. The number of aromatic nitrogens is 2. The molecule has 1 saturated carbocycles. The molecule has 0 saturated heterocycles. The van der Waals surface area contributed by atoms with E-state index in [1.165, 1.54) is 19.3 Å². The molecule has 0 radical (unpaired) electrons. The molecule has 0 aliphatic heterocycles. The molecule has 7 heteroatoms. The molecule has 120 valence electrons. The van der Waals surface area contributed by atoms with E-state index in [0.717, 1.165) is 13.0 Å². The van der Waals surface area contributed by atoms with Gasteiger partial charge in [-0.3, -0.25) is 4.68 Å². The number of nitrogens with one attached hydrogen (secondary N) is 2. The molecule has 2 rings (SSSR count). The predicted octanol–water partition coefficient (Wildman–Crippen LogP) is 1.19. The fourth-order valence-electron chi connectivity index (χ4n) is 2.76. The van der Waals surface area contributed by atoms with Crippen molar-refractivity contribution in [1.82, 2.24) is 19.8 Å². The lowest BCUT2D eigenvalue weighted by molar-refractivity contribution is 0.297. The van der Waals surface area contributed by atoms with Gasteiger partial charge < -0.3 is 5.32 Å². The first-order valence-electron chi connectivity index (χ1n) is 7.64. The fourth-order valence-corrected chi connectivity index (χ4v) is 4.21. The van der Waals surface area contributed by atoms with Crippen molar-refractivity contribution in [2.24, 2.45) is 5.92 Å². The quantitative estimate of drug-likeness (QED) is 0.756. The summed E-state index contributed by atoms with van der Waals surface area (Å²) in [7, 11) is -1.59. The Labute approximate surface area is 127 Å². The van der Waals surface area contributed by atoms with E-state index >= 15 is 0 Å². The zero-order valence-electron chi connectivity index (χ0n) is 13.1. The van der Waals surface area contributed by atoms with Gasteiger partial charge in [-0.05, 0) is 33.2 Å². The van der Waals surface area contributed by atoms with Gasteiger partial charge in [0.1, 0.15) is 4.90 Å². The Balaban J connectivity index is 2.05. The van der Waals surface area contributed by atoms with Crippen molar-refractivity contribution >= 4 is 10.0 Å². The molecule has 1 aromatic rings. The molecular weight excluding hydrogens is 288 g/mol. The molecule has 6 nitrogen and oxygen atoms in total. The molecule has 1 aromatic heterocycles. The van der Waals surface area contributed by atoms with Crippen LogP contribution in [0.1, 0.15) is 37.1 Å². The second-order valence-corrected chi connectivity index (χ2v) is 7.51. The Morgan fingerprint density at radius 2 is 2.00 bits per heavy atom. The summed E-state index contributed by atoms with van der Waals surface area (Å²) in [5, 5.41) is 7.39. The summed E-state index contributed by atoms with van der Waals surface area (Å²) in [5.41, 5.74) is 1.28. The fraction of sp³-hybridized carbons (Fsp3) is 0.786. The summed E-state index contributed by atoms with van der Waals surface area (Å²) in [6, 6.07) is 0. The molecule has 0 aromatic carbocycles. The maximum absolute atomic E-state index is 12.5. The maximum atomic E-state index is 12.5. The predicted molar refractivity (Wildman–Crippen MR) is 82.8 cm³/mol. The largest absolute Gasteiger partial charge is 0.318 e. The van der Waals surface area contributed by atoms with Crippen molar-refractivity contribution in [3.05, 3.63) is 11.4 Å². The maximum Gasteiger partial charge on any atom is 0.244 e. The lowest BCUT2D eigenvalue weighted by Crippen LogP contribution is -2.28. The van der Waals surface area contributed by atoms with E-state index in [9.17, 15) is 8.42 Å². The van der Waals surface area contributed by atoms with Gasteiger partial charge in [0.2, 0.25) is 10.0 Å². The molecule has 2 N–H and O–H groups in total. The van der Waals surface area contributed by atoms with Gasteiger partial charge in [-0.15, -0.1) is 0 Å². The van der Waals surface area contributed by atoms with Crippen molar-refractivity contribution < 1.29 is 8.42 Å². The molecule has 1 aliphatic rings. The second-order valence-electron chi connectivity index (χ2n) is 5.81. The molecule has 0 bridgehead atoms. The topological polar surface area (TPSA) is 76.0 Å². The Morgan fingerprint density at radius 1 is 1.29 bits per heavy atom. The number of nitrogens with zero attached hydrogens (tertiary/aromatic N) is 2. The van der Waals surface area contributed by atoms with Gasteiger partial charge in [0.05, 0.1) is 17.9 Å². The molecule has 0 spiro atoms. The van der Waals surface area contributed by atoms with Crippen LogP contribution < -0.4 is 10.0 Å². The number of aryl methyl sites for hydroxylation is 1. The summed E-state index contributed by atoms with van der Waals surface area (Å²) in [4.78, 5) is 0.340. The van der Waals surface area contributed by atoms with Gasteiger partial charge in [-0.25, -0.2) is 13.1 Å². The number of hydrogen-bond acceptors (Lipinski definition) is 4. The minimum absolute atomic E-state index is 0.340. The molecule has 1 aliphatic carbocycles. The molecule has 0 atom stereocenters. The average Bonchev–Trinajstić information content (AvgIpc) is 2.65. The molecule has 1 fully saturated rings. The standard InChI is InChI=1S/C14H26N4O2S/c1-11-14(12(2)18(17-11)10-9-15-3)21(19,20)16-8-7-13-5-4-6-13/h13,15-16H,4-10H2,1-3H3. The Bertz CT molecular complexity index is 576. The highest BCUT2D eigenvalue weighted by Crippen LogP contribution is 2.29. The van der Waals surface area contributed by atoms with Crippen molar-refractivity contribution in [3.8, 4) is 0 Å². The van der Waals surface area contributed by atoms with Crippen LogP contribution in [0, 0.1) is 19.8 Å². The van der Waals surface area contributed by atoms with Crippen LogP contribution in [0.15, 0.2) is 4.90 Å². The van der Waals surface area contributed by atoms with Gasteiger partial charge >= 0.3 is 0 Å². The summed E-state index contributed by atoms with van der Waals surface area (Å²) >= 11 is 0. The molecule has 0 amide bonds. The van der Waals surface area contributed by atoms with Gasteiger partial charge in [0.25, 0.3) is 0 Å². The lowest BCUT2D eigenvalue weighted by Gasteiger charge is -2.25. The molecule has 21 heavy (non-hydrogen) atoms. The Kier molecular flexibility index (Phi) is 5.40. The van der Waals surface area contributed by atoms with Crippen LogP contribution in [-0.2, 0) is 16.6 Å². The zero-order chi connectivity index (χ0) is 15.5. The van der Waals surface area contributed by atoms with Crippen LogP contribution in [0.4, 0.5) is 0 Å². The van der Waals surface area contributed by atoms with Crippen LogP contribution in [0.25, 0.3) is 0 Å². The first-order valence-corrected chi connectivity index (χ1v) is 9.12. The van der Waals surface area contributed by atoms with Crippen LogP contribution >= 0.6 is 0 Å². The number of likely N-dealkylation sites (N-methyl/N-ethyl adjacent to an activating group) is 1. The van der Waals surface area contributed by atoms with Gasteiger partial charge in [-0.2, -0.15) is 5.10 Å². The van der Waals surface area contributed by atoms with Crippen molar-refractivity contribution in [2.45, 2.75) is 51.0 Å². The van der Waals surface area contributed by atoms with Gasteiger partial charge in [0, 0.05) is 13.1 Å². The van der Waals surface area contributed by atoms with E-state index in [-0.39, 0.29) is 0 Å². The third-order valence-electron chi connectivity index (χ3n) is 4.23. The highest BCUT2D eigenvalue weighted by atomic mass is 32.2. The van der Waals surface area contributed by atoms with E-state index in [1.54, 1.807) is 11.6 Å². The third kappa shape index (κ3) is 3.84. The lowest BCUT2D eigenvalue weighted by atomic mass is 9.83. The zero-order valence-corrected chi connectivity index (χ0v) is 14.0. The van der Waals surface area contributed by atoms with Crippen LogP contribution in [0.3, 0.4) is 0 Å². The minimum Gasteiger partial charge on any atom is -0.318 e. The van der Waals surface area contributed by atoms with E-state index in [1.807, 2.05) is 14.0 Å². The van der Waals surface area contributed by atoms with E-state index in [0.29, 0.717) is 35.3 Å². The highest BCUT2D eigenvalue weighted by molar-refractivity contribution is 7.89. The summed E-state index contributed by atoms with van der Waals surface area (Å²) in [5.74, 6) is 0.702. The summed E-state index contributed by atoms with van der Waals surface area (Å²) in [6.07, 6.45) is 4.70. The SMILES string of the molecule is CNCCn1nc(C)c(S(=O)(=O)NCCC2CCC2)c1C. The van der Waals surface area contributed by atoms with Gasteiger partial charge in [0.15, 0.2) is 0 Å². The van der Waals surface area contributed by atoms with Crippen molar-refractivity contribution in [1.29, 1.82) is 0 Å². The monoisotopic (exact) mass is 314 g/mol. The van der Waals surface area contributed by atoms with Crippen LogP contribution in [0.5, 0.6) is 0 Å². The average molecular weight is 314 g/mol. The van der Waals surface area contributed by atoms with E-state index < -0.39 is 10.0 Å². The summed E-state index contributed by atoms with van der Waals surface area (Å²) < 4.78 is 29.4. The molecular formula is C14H26N4O2S. The van der Waals surface area contributed by atoms with Crippen molar-refractivity contribution in [3.63, 3.8) is 0 Å². The molecule has 1 heterocycles. The number of hydrogen-bond donors (Lipinski definition) is 2.